The molecule has 0 spiro atoms. The molecule has 9 nitrogen and oxygen atoms in total. The largest absolute Gasteiger partial charge is 0.447 e. The zero-order valence-corrected chi connectivity index (χ0v) is 25.0. The molecule has 0 unspecified atom stereocenters. The number of cyclic esters (lactones) is 1. The van der Waals surface area contributed by atoms with Gasteiger partial charge in [-0.2, -0.15) is 0 Å². The average Bonchev–Trinajstić information content (AvgIpc) is 3.38. The van der Waals surface area contributed by atoms with E-state index in [1.807, 2.05) is 30.3 Å². The number of amides is 3. The molecule has 1 aromatic rings. The third-order valence-corrected chi connectivity index (χ3v) is 7.41. The van der Waals surface area contributed by atoms with E-state index in [0.717, 1.165) is 16.9 Å². The van der Waals surface area contributed by atoms with E-state index in [-0.39, 0.29) is 25.6 Å². The van der Waals surface area contributed by atoms with E-state index in [1.54, 1.807) is 40.7 Å². The molecule has 0 aromatic heterocycles. The molecule has 3 rings (SSSR count). The lowest BCUT2D eigenvalue weighted by Gasteiger charge is -2.39. The summed E-state index contributed by atoms with van der Waals surface area (Å²) >= 11 is 0. The van der Waals surface area contributed by atoms with Crippen molar-refractivity contribution in [3.05, 3.63) is 48.6 Å². The minimum atomic E-state index is -1.33. The molecular weight excluding hydrogens is 512 g/mol. The highest BCUT2D eigenvalue weighted by atomic mass is 16.6. The molecule has 3 amide bonds. The van der Waals surface area contributed by atoms with E-state index < -0.39 is 53.5 Å². The van der Waals surface area contributed by atoms with Crippen molar-refractivity contribution in [1.82, 2.24) is 9.80 Å². The van der Waals surface area contributed by atoms with Crippen LogP contribution in [0.15, 0.2) is 43.0 Å². The Hall–Kier alpha value is -2.91. The zero-order valence-electron chi connectivity index (χ0n) is 25.0. The number of nitrogens with zero attached hydrogens (tertiary/aromatic N) is 2. The van der Waals surface area contributed by atoms with Crippen LogP contribution < -0.4 is 0 Å². The number of aliphatic hydroxyl groups excluding tert-OH is 1. The average molecular weight is 559 g/mol. The molecule has 2 saturated heterocycles. The van der Waals surface area contributed by atoms with Crippen molar-refractivity contribution in [2.24, 2.45) is 17.8 Å². The highest BCUT2D eigenvalue weighted by Crippen LogP contribution is 2.36. The van der Waals surface area contributed by atoms with Crippen LogP contribution in [0.2, 0.25) is 0 Å². The van der Waals surface area contributed by atoms with Gasteiger partial charge < -0.3 is 19.3 Å². The van der Waals surface area contributed by atoms with Gasteiger partial charge in [-0.1, -0.05) is 50.3 Å². The van der Waals surface area contributed by atoms with Gasteiger partial charge in [0.05, 0.1) is 30.7 Å². The first-order chi connectivity index (χ1) is 18.6. The van der Waals surface area contributed by atoms with Crippen LogP contribution in [0, 0.1) is 17.8 Å². The van der Waals surface area contributed by atoms with E-state index in [4.69, 9.17) is 14.2 Å². The van der Waals surface area contributed by atoms with Gasteiger partial charge in [-0.05, 0) is 71.3 Å². The predicted molar refractivity (Wildman–Crippen MR) is 151 cm³/mol. The fourth-order valence-electron chi connectivity index (χ4n) is 5.57. The van der Waals surface area contributed by atoms with E-state index >= 15 is 0 Å². The first-order valence-corrected chi connectivity index (χ1v) is 14.1. The van der Waals surface area contributed by atoms with Gasteiger partial charge in [0, 0.05) is 0 Å². The third-order valence-electron chi connectivity index (χ3n) is 7.41. The van der Waals surface area contributed by atoms with Gasteiger partial charge in [0.25, 0.3) is 0 Å². The van der Waals surface area contributed by atoms with Crippen LogP contribution in [0.3, 0.4) is 0 Å². The lowest BCUT2D eigenvalue weighted by atomic mass is 9.82. The maximum atomic E-state index is 14.2. The van der Waals surface area contributed by atoms with Gasteiger partial charge in [0.1, 0.15) is 17.9 Å². The number of ether oxygens (including phenoxy) is 3. The SMILES string of the molecule is C=C[C@H](CC(C)C)C[C@@H](C(=O)N1C(=O)OC[C@H]1Cc1ccccc1)[C@@H](O)[C@H]1COC(C)(C)N1C(=O)OC(C)(C)C. The highest BCUT2D eigenvalue weighted by molar-refractivity contribution is 5.95. The number of hydrogen-bond acceptors (Lipinski definition) is 7. The molecule has 0 bridgehead atoms. The second-order valence-corrected chi connectivity index (χ2v) is 12.8. The topological polar surface area (TPSA) is 106 Å². The van der Waals surface area contributed by atoms with Crippen LogP contribution in [-0.4, -0.2) is 75.7 Å². The summed E-state index contributed by atoms with van der Waals surface area (Å²) < 4.78 is 16.9. The number of rotatable bonds is 10. The first-order valence-electron chi connectivity index (χ1n) is 14.1. The minimum Gasteiger partial charge on any atom is -0.447 e. The maximum Gasteiger partial charge on any atom is 0.416 e. The van der Waals surface area contributed by atoms with Gasteiger partial charge in [0.2, 0.25) is 5.91 Å². The standard InChI is InChI=1S/C31H46N2O7/c1-9-21(15-20(2)3)17-24(26(34)25-19-39-31(7,8)33(25)29(37)40-30(4,5)6)27(35)32-23(18-38-28(32)36)16-22-13-11-10-12-14-22/h9-14,20-21,23-26,34H,1,15-19H2,2-8H3/t21-,23-,24-,25-,26-/m1/s1. The van der Waals surface area contributed by atoms with E-state index in [0.29, 0.717) is 12.3 Å². The van der Waals surface area contributed by atoms with Crippen molar-refractivity contribution < 1.29 is 33.7 Å². The van der Waals surface area contributed by atoms with Gasteiger partial charge >= 0.3 is 12.2 Å². The van der Waals surface area contributed by atoms with Crippen molar-refractivity contribution in [3.63, 3.8) is 0 Å². The Morgan fingerprint density at radius 3 is 2.40 bits per heavy atom. The molecule has 222 valence electrons. The molecule has 2 fully saturated rings. The lowest BCUT2D eigenvalue weighted by molar-refractivity contribution is -0.140. The molecule has 9 heteroatoms. The number of aliphatic hydroxyl groups is 1. The van der Waals surface area contributed by atoms with Gasteiger partial charge in [-0.15, -0.1) is 6.58 Å². The first kappa shape index (κ1) is 31.6. The lowest BCUT2D eigenvalue weighted by Crippen LogP contribution is -2.57. The number of benzene rings is 1. The molecule has 0 saturated carbocycles. The molecule has 2 aliphatic heterocycles. The van der Waals surface area contributed by atoms with Crippen molar-refractivity contribution >= 4 is 18.1 Å². The smallest absolute Gasteiger partial charge is 0.416 e. The third kappa shape index (κ3) is 7.63. The Bertz CT molecular complexity index is 1050. The normalized spacial score (nSPS) is 23.1. The predicted octanol–water partition coefficient (Wildman–Crippen LogP) is 5.16. The Morgan fingerprint density at radius 2 is 1.82 bits per heavy atom. The van der Waals surface area contributed by atoms with Crippen LogP contribution >= 0.6 is 0 Å². The van der Waals surface area contributed by atoms with Crippen molar-refractivity contribution in [2.45, 2.75) is 97.2 Å². The van der Waals surface area contributed by atoms with Crippen LogP contribution in [0.5, 0.6) is 0 Å². The summed E-state index contributed by atoms with van der Waals surface area (Å²) in [5.74, 6) is -1.32. The molecule has 0 radical (unpaired) electrons. The van der Waals surface area contributed by atoms with Crippen molar-refractivity contribution in [2.75, 3.05) is 13.2 Å². The van der Waals surface area contributed by atoms with Crippen LogP contribution in [0.1, 0.15) is 66.9 Å². The molecule has 2 heterocycles. The molecule has 2 aliphatic rings. The summed E-state index contributed by atoms with van der Waals surface area (Å²) in [4.78, 5) is 42.9. The maximum absolute atomic E-state index is 14.2. The number of carbonyl (C=O) groups is 3. The van der Waals surface area contributed by atoms with Gasteiger partial charge in [-0.25, -0.2) is 14.5 Å². The van der Waals surface area contributed by atoms with E-state index in [9.17, 15) is 19.5 Å². The number of allylic oxidation sites excluding steroid dienone is 1. The Labute approximate surface area is 238 Å². The molecule has 1 N–H and O–H groups in total. The second-order valence-electron chi connectivity index (χ2n) is 12.8. The quantitative estimate of drug-likeness (QED) is 0.395. The summed E-state index contributed by atoms with van der Waals surface area (Å²) in [5.41, 5.74) is -0.874. The summed E-state index contributed by atoms with van der Waals surface area (Å²) in [6, 6.07) is 8.20. The fraction of sp³-hybridized carbons (Fsp3) is 0.645. The van der Waals surface area contributed by atoms with Crippen LogP contribution in [0.25, 0.3) is 0 Å². The monoisotopic (exact) mass is 558 g/mol. The molecule has 1 aromatic carbocycles. The summed E-state index contributed by atoms with van der Waals surface area (Å²) in [5, 5.41) is 11.9. The van der Waals surface area contributed by atoms with Gasteiger partial charge in [0.15, 0.2) is 0 Å². The van der Waals surface area contributed by atoms with Crippen molar-refractivity contribution in [3.8, 4) is 0 Å². The van der Waals surface area contributed by atoms with Gasteiger partial charge in [-0.3, -0.25) is 9.69 Å². The van der Waals surface area contributed by atoms with Crippen LogP contribution in [-0.2, 0) is 25.4 Å². The second kappa shape index (κ2) is 12.7. The molecule has 0 aliphatic carbocycles. The molecular formula is C31H46N2O7. The Kier molecular flexibility index (Phi) is 10.1. The number of carbonyl (C=O) groups excluding carboxylic acids is 3. The summed E-state index contributed by atoms with van der Waals surface area (Å²) in [6.45, 7) is 16.9. The highest BCUT2D eigenvalue weighted by Gasteiger charge is 2.52. The molecule has 40 heavy (non-hydrogen) atoms. The van der Waals surface area contributed by atoms with Crippen LogP contribution in [0.4, 0.5) is 9.59 Å². The van der Waals surface area contributed by atoms with E-state index in [2.05, 4.69) is 20.4 Å². The summed E-state index contributed by atoms with van der Waals surface area (Å²) in [7, 11) is 0. The van der Waals surface area contributed by atoms with Crippen molar-refractivity contribution in [1.29, 1.82) is 0 Å². The molecule has 5 atom stereocenters. The van der Waals surface area contributed by atoms with E-state index in [1.165, 1.54) is 4.90 Å². The Balaban J connectivity index is 1.96. The number of imide groups is 1. The number of hydrogen-bond donors (Lipinski definition) is 1. The summed E-state index contributed by atoms with van der Waals surface area (Å²) in [6.07, 6.45) is 0.522. The Morgan fingerprint density at radius 1 is 1.18 bits per heavy atom. The zero-order chi connectivity index (χ0) is 29.8. The fourth-order valence-corrected chi connectivity index (χ4v) is 5.57. The minimum absolute atomic E-state index is 0.0119.